The van der Waals surface area contributed by atoms with Gasteiger partial charge >= 0.3 is 0 Å². The lowest BCUT2D eigenvalue weighted by molar-refractivity contribution is 1.14. The van der Waals surface area contributed by atoms with Crippen LogP contribution in [0.2, 0.25) is 0 Å². The third kappa shape index (κ3) is 11.1. The van der Waals surface area contributed by atoms with E-state index in [1.807, 2.05) is 97.0 Å². The van der Waals surface area contributed by atoms with E-state index in [1.165, 1.54) is 0 Å². The number of benzene rings is 1. The van der Waals surface area contributed by atoms with E-state index >= 15 is 0 Å². The Morgan fingerprint density at radius 2 is 1.23 bits per heavy atom. The molecule has 1 aromatic carbocycles. The van der Waals surface area contributed by atoms with E-state index < -0.39 is 0 Å². The molecular weight excluding hydrogens is 314 g/mol. The molecule has 0 aliphatic rings. The Morgan fingerprint density at radius 1 is 0.769 bits per heavy atom. The minimum atomic E-state index is 0.956. The van der Waals surface area contributed by atoms with Crippen LogP contribution in [-0.4, -0.2) is 0 Å². The highest BCUT2D eigenvalue weighted by molar-refractivity contribution is 5.63. The largest absolute Gasteiger partial charge is 0.311 e. The highest BCUT2D eigenvalue weighted by atomic mass is 15.1. The molecule has 1 rings (SSSR count). The first-order chi connectivity index (χ1) is 12.8. The highest BCUT2D eigenvalue weighted by Crippen LogP contribution is 2.25. The lowest BCUT2D eigenvalue weighted by atomic mass is 10.2. The Kier molecular flexibility index (Phi) is 24.4. The predicted molar refractivity (Wildman–Crippen MR) is 125 cm³/mol. The van der Waals surface area contributed by atoms with Crippen LogP contribution in [0.3, 0.4) is 0 Å². The van der Waals surface area contributed by atoms with Crippen molar-refractivity contribution < 1.29 is 0 Å². The fourth-order valence-electron chi connectivity index (χ4n) is 1.88. The van der Waals surface area contributed by atoms with Crippen molar-refractivity contribution in [3.8, 4) is 0 Å². The molecule has 0 radical (unpaired) electrons. The van der Waals surface area contributed by atoms with Gasteiger partial charge in [0.1, 0.15) is 0 Å². The molecular formula is C25H39N. The molecule has 1 aromatic rings. The van der Waals surface area contributed by atoms with Crippen molar-refractivity contribution in [3.05, 3.63) is 104 Å². The van der Waals surface area contributed by atoms with Crippen LogP contribution < -0.4 is 4.90 Å². The quantitative estimate of drug-likeness (QED) is 0.444. The second kappa shape index (κ2) is 22.5. The van der Waals surface area contributed by atoms with Crippen LogP contribution >= 0.6 is 0 Å². The van der Waals surface area contributed by atoms with Crippen molar-refractivity contribution in [3.63, 3.8) is 0 Å². The first-order valence-corrected chi connectivity index (χ1v) is 9.54. The molecule has 26 heavy (non-hydrogen) atoms. The SMILES string of the molecule is C=C/C=C(\C=C)N(C(/C=C\C)=C/C=C)c1ccccc1.CC.CC.CC. The molecule has 144 valence electrons. The second-order valence-electron chi connectivity index (χ2n) is 4.03. The number of hydrogen-bond acceptors (Lipinski definition) is 1. The summed E-state index contributed by atoms with van der Waals surface area (Å²) in [6.07, 6.45) is 13.3. The molecule has 0 spiro atoms. The minimum absolute atomic E-state index is 0.956. The van der Waals surface area contributed by atoms with Crippen LogP contribution in [0, 0.1) is 0 Å². The van der Waals surface area contributed by atoms with Gasteiger partial charge in [0.2, 0.25) is 0 Å². The number of allylic oxidation sites excluding steroid dienone is 7. The Hall–Kier alpha value is -2.54. The Labute approximate surface area is 163 Å². The monoisotopic (exact) mass is 353 g/mol. The Morgan fingerprint density at radius 3 is 1.62 bits per heavy atom. The van der Waals surface area contributed by atoms with E-state index in [0.717, 1.165) is 17.1 Å². The molecule has 0 amide bonds. The maximum Gasteiger partial charge on any atom is 0.0461 e. The van der Waals surface area contributed by atoms with Crippen LogP contribution in [0.15, 0.2) is 104 Å². The van der Waals surface area contributed by atoms with Gasteiger partial charge in [-0.2, -0.15) is 0 Å². The fourth-order valence-corrected chi connectivity index (χ4v) is 1.88. The molecule has 0 N–H and O–H groups in total. The van der Waals surface area contributed by atoms with Crippen molar-refractivity contribution in [2.45, 2.75) is 48.5 Å². The third-order valence-electron chi connectivity index (χ3n) is 2.65. The number of rotatable bonds is 7. The third-order valence-corrected chi connectivity index (χ3v) is 2.65. The standard InChI is InChI=1S/C19H21N.3C2H6/c1-5-12-17(8-4)20(18(13-6-2)14-7-3)19-15-10-9-11-16-19;3*1-2/h5-16H,1-2,4H2,3H3;3*1-2H3/b14-7-,17-12+,18-13+;;;. The molecule has 0 aromatic heterocycles. The summed E-state index contributed by atoms with van der Waals surface area (Å²) in [4.78, 5) is 2.11. The van der Waals surface area contributed by atoms with Gasteiger partial charge in [-0.1, -0.05) is 97.7 Å². The normalized spacial score (nSPS) is 10.1. The van der Waals surface area contributed by atoms with Gasteiger partial charge in [0, 0.05) is 17.1 Å². The minimum Gasteiger partial charge on any atom is -0.311 e. The Balaban J connectivity index is -0.000000795. The van der Waals surface area contributed by atoms with Crippen LogP contribution in [0.4, 0.5) is 5.69 Å². The van der Waals surface area contributed by atoms with Gasteiger partial charge in [0.05, 0.1) is 0 Å². The smallest absolute Gasteiger partial charge is 0.0461 e. The molecule has 0 saturated carbocycles. The number of hydrogen-bond donors (Lipinski definition) is 0. The fraction of sp³-hybridized carbons (Fsp3) is 0.280. The summed E-state index contributed by atoms with van der Waals surface area (Å²) in [6.45, 7) is 25.4. The van der Waals surface area contributed by atoms with E-state index in [4.69, 9.17) is 0 Å². The zero-order valence-corrected chi connectivity index (χ0v) is 18.0. The topological polar surface area (TPSA) is 3.24 Å². The molecule has 0 atom stereocenters. The lowest BCUT2D eigenvalue weighted by Crippen LogP contribution is -2.19. The first-order valence-electron chi connectivity index (χ1n) is 9.54. The van der Waals surface area contributed by atoms with E-state index in [2.05, 4.69) is 36.8 Å². The molecule has 1 nitrogen and oxygen atoms in total. The zero-order valence-electron chi connectivity index (χ0n) is 18.0. The lowest BCUT2D eigenvalue weighted by Gasteiger charge is -2.27. The van der Waals surface area contributed by atoms with Crippen LogP contribution in [0.1, 0.15) is 48.5 Å². The first kappa shape index (κ1) is 28.3. The average Bonchev–Trinajstić information content (AvgIpc) is 2.73. The molecule has 0 aliphatic carbocycles. The summed E-state index contributed by atoms with van der Waals surface area (Å²) in [5.41, 5.74) is 3.03. The average molecular weight is 354 g/mol. The van der Waals surface area contributed by atoms with Crippen LogP contribution in [0.25, 0.3) is 0 Å². The van der Waals surface area contributed by atoms with Gasteiger partial charge in [-0.3, -0.25) is 0 Å². The molecule has 0 aliphatic heterocycles. The molecule has 0 bridgehead atoms. The van der Waals surface area contributed by atoms with Gasteiger partial charge in [-0.25, -0.2) is 0 Å². The summed E-state index contributed by atoms with van der Waals surface area (Å²) < 4.78 is 0. The molecule has 0 saturated heterocycles. The van der Waals surface area contributed by atoms with Crippen molar-refractivity contribution in [2.75, 3.05) is 4.90 Å². The molecule has 1 heteroatoms. The maximum atomic E-state index is 3.89. The maximum absolute atomic E-state index is 3.89. The zero-order chi connectivity index (χ0) is 20.8. The summed E-state index contributed by atoms with van der Waals surface area (Å²) in [6, 6.07) is 10.1. The van der Waals surface area contributed by atoms with Crippen molar-refractivity contribution >= 4 is 5.69 Å². The molecule has 0 unspecified atom stereocenters. The van der Waals surface area contributed by atoms with Gasteiger partial charge in [0.15, 0.2) is 0 Å². The van der Waals surface area contributed by atoms with Gasteiger partial charge < -0.3 is 4.90 Å². The molecule has 0 fully saturated rings. The second-order valence-corrected chi connectivity index (χ2v) is 4.03. The van der Waals surface area contributed by atoms with Crippen molar-refractivity contribution in [1.82, 2.24) is 0 Å². The predicted octanol–water partition coefficient (Wildman–Crippen LogP) is 8.47. The Bertz CT molecular complexity index is 545. The summed E-state index contributed by atoms with van der Waals surface area (Å²) in [5, 5.41) is 0. The number of nitrogens with zero attached hydrogens (tertiary/aromatic N) is 1. The van der Waals surface area contributed by atoms with Crippen LogP contribution in [0.5, 0.6) is 0 Å². The van der Waals surface area contributed by atoms with Crippen molar-refractivity contribution in [1.29, 1.82) is 0 Å². The van der Waals surface area contributed by atoms with Crippen molar-refractivity contribution in [2.24, 2.45) is 0 Å². The van der Waals surface area contributed by atoms with Gasteiger partial charge in [-0.05, 0) is 43.4 Å². The number of para-hydroxylation sites is 1. The van der Waals surface area contributed by atoms with Crippen LogP contribution in [-0.2, 0) is 0 Å². The van der Waals surface area contributed by atoms with E-state index in [-0.39, 0.29) is 0 Å². The highest BCUT2D eigenvalue weighted by Gasteiger charge is 2.11. The van der Waals surface area contributed by atoms with Gasteiger partial charge in [0.25, 0.3) is 0 Å². The summed E-state index contributed by atoms with van der Waals surface area (Å²) >= 11 is 0. The van der Waals surface area contributed by atoms with E-state index in [0.29, 0.717) is 0 Å². The number of anilines is 1. The molecule has 0 heterocycles. The summed E-state index contributed by atoms with van der Waals surface area (Å²) in [7, 11) is 0. The van der Waals surface area contributed by atoms with E-state index in [9.17, 15) is 0 Å². The van der Waals surface area contributed by atoms with E-state index in [1.54, 1.807) is 12.2 Å². The summed E-state index contributed by atoms with van der Waals surface area (Å²) in [5.74, 6) is 0. The van der Waals surface area contributed by atoms with Gasteiger partial charge in [-0.15, -0.1) is 0 Å².